The van der Waals surface area contributed by atoms with Crippen molar-refractivity contribution < 1.29 is 14.3 Å². The van der Waals surface area contributed by atoms with Crippen LogP contribution in [-0.4, -0.2) is 47.1 Å². The fourth-order valence-corrected chi connectivity index (χ4v) is 3.52. The summed E-state index contributed by atoms with van der Waals surface area (Å²) in [5, 5.41) is 3.69. The second kappa shape index (κ2) is 5.78. The average molecular weight is 325 g/mol. The van der Waals surface area contributed by atoms with Gasteiger partial charge in [-0.15, -0.1) is 0 Å². The van der Waals surface area contributed by atoms with Gasteiger partial charge in [0.2, 0.25) is 0 Å². The summed E-state index contributed by atoms with van der Waals surface area (Å²) >= 11 is 0. The largest absolute Gasteiger partial charge is 0.441 e. The van der Waals surface area contributed by atoms with Gasteiger partial charge in [0.25, 0.3) is 5.91 Å². The molecule has 2 aliphatic rings. The van der Waals surface area contributed by atoms with Gasteiger partial charge in [0.15, 0.2) is 0 Å². The molecule has 1 aromatic carbocycles. The van der Waals surface area contributed by atoms with E-state index in [0.717, 1.165) is 23.7 Å². The van der Waals surface area contributed by atoms with E-state index in [-0.39, 0.29) is 12.0 Å². The molecule has 4 rings (SSSR count). The van der Waals surface area contributed by atoms with Gasteiger partial charge in [-0.05, 0) is 25.0 Å². The number of hydrogen-bond donors (Lipinski definition) is 1. The molecule has 2 saturated heterocycles. The minimum atomic E-state index is -0.451. The number of para-hydroxylation sites is 1. The molecular weight excluding hydrogens is 306 g/mol. The van der Waals surface area contributed by atoms with Crippen molar-refractivity contribution >= 4 is 22.9 Å². The number of alkyl carbamates (subject to hydrolysis) is 1. The number of fused-ring (bicyclic) bond motifs is 1. The molecule has 24 heavy (non-hydrogen) atoms. The van der Waals surface area contributed by atoms with E-state index in [1.54, 1.807) is 6.20 Å². The smallest absolute Gasteiger partial charge is 0.407 e. The third-order valence-corrected chi connectivity index (χ3v) is 4.89. The number of aromatic nitrogens is 1. The zero-order valence-corrected chi connectivity index (χ0v) is 13.3. The second-order valence-electron chi connectivity index (χ2n) is 6.49. The van der Waals surface area contributed by atoms with Gasteiger partial charge < -0.3 is 15.0 Å². The third kappa shape index (κ3) is 2.68. The van der Waals surface area contributed by atoms with E-state index in [0.29, 0.717) is 31.6 Å². The van der Waals surface area contributed by atoms with E-state index in [9.17, 15) is 9.59 Å². The van der Waals surface area contributed by atoms with Crippen molar-refractivity contribution in [3.63, 3.8) is 0 Å². The van der Waals surface area contributed by atoms with E-state index < -0.39 is 5.60 Å². The highest BCUT2D eigenvalue weighted by Crippen LogP contribution is 2.29. The van der Waals surface area contributed by atoms with E-state index in [1.165, 1.54) is 0 Å². The van der Waals surface area contributed by atoms with Crippen LogP contribution in [0.25, 0.3) is 10.9 Å². The number of carbonyl (C=O) groups excluding carboxylic acids is 2. The Hall–Kier alpha value is -2.63. The van der Waals surface area contributed by atoms with Crippen LogP contribution in [0, 0.1) is 0 Å². The summed E-state index contributed by atoms with van der Waals surface area (Å²) in [6, 6.07) is 9.65. The molecule has 3 heterocycles. The van der Waals surface area contributed by atoms with Crippen molar-refractivity contribution in [3.05, 3.63) is 42.1 Å². The zero-order valence-electron chi connectivity index (χ0n) is 13.3. The first-order valence-electron chi connectivity index (χ1n) is 8.26. The Morgan fingerprint density at radius 3 is 2.96 bits per heavy atom. The second-order valence-corrected chi connectivity index (χ2v) is 6.49. The number of benzene rings is 1. The maximum atomic E-state index is 12.8. The highest BCUT2D eigenvalue weighted by Gasteiger charge is 2.41. The number of rotatable bonds is 1. The van der Waals surface area contributed by atoms with Crippen molar-refractivity contribution in [1.29, 1.82) is 0 Å². The maximum Gasteiger partial charge on any atom is 0.407 e. The van der Waals surface area contributed by atoms with Crippen LogP contribution in [0.2, 0.25) is 0 Å². The van der Waals surface area contributed by atoms with Gasteiger partial charge in [-0.2, -0.15) is 0 Å². The van der Waals surface area contributed by atoms with Crippen LogP contribution in [0.1, 0.15) is 29.6 Å². The predicted octanol–water partition coefficient (Wildman–Crippen LogP) is 2.34. The fraction of sp³-hybridized carbons (Fsp3) is 0.389. The molecular formula is C18H19N3O3. The number of nitrogens with one attached hydrogen (secondary N) is 1. The molecule has 0 bridgehead atoms. The highest BCUT2D eigenvalue weighted by molar-refractivity contribution is 5.97. The number of nitrogens with zero attached hydrogens (tertiary/aromatic N) is 2. The van der Waals surface area contributed by atoms with Crippen LogP contribution in [0.5, 0.6) is 0 Å². The lowest BCUT2D eigenvalue weighted by Crippen LogP contribution is -2.36. The van der Waals surface area contributed by atoms with Gasteiger partial charge in [0, 0.05) is 31.1 Å². The Morgan fingerprint density at radius 2 is 2.12 bits per heavy atom. The van der Waals surface area contributed by atoms with Gasteiger partial charge in [-0.3, -0.25) is 9.78 Å². The number of likely N-dealkylation sites (tertiary alicyclic amines) is 1. The lowest BCUT2D eigenvalue weighted by Gasteiger charge is -2.25. The normalized spacial score (nSPS) is 23.8. The number of ether oxygens (including phenoxy) is 1. The molecule has 1 N–H and O–H groups in total. The summed E-state index contributed by atoms with van der Waals surface area (Å²) in [4.78, 5) is 30.4. The molecule has 0 radical (unpaired) electrons. The Balaban J connectivity index is 1.52. The average Bonchev–Trinajstić information content (AvgIpc) is 2.85. The Bertz CT molecular complexity index is 807. The maximum absolute atomic E-state index is 12.8. The molecule has 0 saturated carbocycles. The molecule has 6 nitrogen and oxygen atoms in total. The van der Waals surface area contributed by atoms with Crippen molar-refractivity contribution in [1.82, 2.24) is 15.2 Å². The summed E-state index contributed by atoms with van der Waals surface area (Å²) in [7, 11) is 0. The Kier molecular flexibility index (Phi) is 3.59. The quantitative estimate of drug-likeness (QED) is 0.873. The number of hydrogen-bond acceptors (Lipinski definition) is 4. The third-order valence-electron chi connectivity index (χ3n) is 4.89. The Morgan fingerprint density at radius 1 is 1.25 bits per heavy atom. The molecule has 2 aliphatic heterocycles. The van der Waals surface area contributed by atoms with Crippen LogP contribution in [-0.2, 0) is 4.74 Å². The standard InChI is InChI=1S/C18H19N3O3/c22-16(14-10-13-4-1-2-5-15(13)19-11-14)21-8-3-6-18(7-9-21)12-20-17(23)24-18/h1-2,4-5,10-11H,3,6-9,12H2,(H,20,23)/t18-/m1/s1. The minimum Gasteiger partial charge on any atom is -0.441 e. The van der Waals surface area contributed by atoms with Crippen LogP contribution >= 0.6 is 0 Å². The monoisotopic (exact) mass is 325 g/mol. The molecule has 2 fully saturated rings. The predicted molar refractivity (Wildman–Crippen MR) is 88.7 cm³/mol. The van der Waals surface area contributed by atoms with Crippen LogP contribution in [0.4, 0.5) is 4.79 Å². The summed E-state index contributed by atoms with van der Waals surface area (Å²) in [5.74, 6) is -0.0115. The molecule has 1 spiro atoms. The van der Waals surface area contributed by atoms with Crippen molar-refractivity contribution in [3.8, 4) is 0 Å². The van der Waals surface area contributed by atoms with Crippen LogP contribution in [0.15, 0.2) is 36.5 Å². The molecule has 0 aliphatic carbocycles. The van der Waals surface area contributed by atoms with Crippen LogP contribution < -0.4 is 5.32 Å². The van der Waals surface area contributed by atoms with Gasteiger partial charge in [-0.25, -0.2) is 4.79 Å². The summed E-state index contributed by atoms with van der Waals surface area (Å²) in [6.07, 6.45) is 3.56. The topological polar surface area (TPSA) is 71.5 Å². The van der Waals surface area contributed by atoms with E-state index >= 15 is 0 Å². The minimum absolute atomic E-state index is 0.0115. The SMILES string of the molecule is O=C1NC[C@]2(CCCN(C(=O)c3cnc4ccccc4c3)CC2)O1. The Labute approximate surface area is 139 Å². The first-order valence-corrected chi connectivity index (χ1v) is 8.26. The fourth-order valence-electron chi connectivity index (χ4n) is 3.52. The van der Waals surface area contributed by atoms with Gasteiger partial charge >= 0.3 is 6.09 Å². The first kappa shape index (κ1) is 14.9. The van der Waals surface area contributed by atoms with Crippen LogP contribution in [0.3, 0.4) is 0 Å². The molecule has 6 heteroatoms. The van der Waals surface area contributed by atoms with Crippen molar-refractivity contribution in [2.75, 3.05) is 19.6 Å². The zero-order chi connectivity index (χ0) is 16.6. The number of carbonyl (C=O) groups is 2. The van der Waals surface area contributed by atoms with Crippen molar-refractivity contribution in [2.45, 2.75) is 24.9 Å². The molecule has 1 atom stereocenters. The number of amides is 2. The van der Waals surface area contributed by atoms with Gasteiger partial charge in [0.05, 0.1) is 17.6 Å². The molecule has 2 aromatic rings. The van der Waals surface area contributed by atoms with E-state index in [2.05, 4.69) is 10.3 Å². The molecule has 2 amide bonds. The lowest BCUT2D eigenvalue weighted by molar-refractivity contribution is 0.0438. The first-order chi connectivity index (χ1) is 11.7. The summed E-state index contributed by atoms with van der Waals surface area (Å²) < 4.78 is 5.46. The van der Waals surface area contributed by atoms with E-state index in [1.807, 2.05) is 35.2 Å². The summed E-state index contributed by atoms with van der Waals surface area (Å²) in [6.45, 7) is 1.79. The summed E-state index contributed by atoms with van der Waals surface area (Å²) in [5.41, 5.74) is 1.03. The van der Waals surface area contributed by atoms with Crippen molar-refractivity contribution in [2.24, 2.45) is 0 Å². The van der Waals surface area contributed by atoms with Gasteiger partial charge in [-0.1, -0.05) is 18.2 Å². The number of pyridine rings is 1. The highest BCUT2D eigenvalue weighted by atomic mass is 16.6. The lowest BCUT2D eigenvalue weighted by atomic mass is 9.95. The molecule has 124 valence electrons. The van der Waals surface area contributed by atoms with E-state index in [4.69, 9.17) is 4.74 Å². The molecule has 1 aromatic heterocycles. The van der Waals surface area contributed by atoms with Gasteiger partial charge in [0.1, 0.15) is 5.60 Å². The molecule has 0 unspecified atom stereocenters.